The average molecular weight is 622 g/mol. The summed E-state index contributed by atoms with van der Waals surface area (Å²) in [7, 11) is 0. The van der Waals surface area contributed by atoms with Crippen molar-refractivity contribution in [3.63, 3.8) is 0 Å². The van der Waals surface area contributed by atoms with Gasteiger partial charge in [-0.2, -0.15) is 0 Å². The normalized spacial score (nSPS) is 5.60. The van der Waals surface area contributed by atoms with Crippen molar-refractivity contribution < 1.29 is 87.7 Å². The van der Waals surface area contributed by atoms with Crippen LogP contribution in [0.4, 0.5) is 0 Å². The summed E-state index contributed by atoms with van der Waals surface area (Å²) in [5.41, 5.74) is 2.09. The van der Waals surface area contributed by atoms with Gasteiger partial charge in [0.1, 0.15) is 0 Å². The number of hydrogen-bond acceptors (Lipinski definition) is 2. The van der Waals surface area contributed by atoms with E-state index in [0.717, 1.165) is 20.3 Å². The molecule has 12 nitrogen and oxygen atoms in total. The van der Waals surface area contributed by atoms with Gasteiger partial charge in [0.2, 0.25) is 0 Å². The minimum atomic E-state index is 0.495. The molecule has 2 aromatic rings. The number of hydrogen-bond donors (Lipinski definition) is 0. The average Bonchev–Trinajstić information content (AvgIpc) is 3.12. The van der Waals surface area contributed by atoms with Gasteiger partial charge < -0.3 is 0 Å². The molecule has 0 fully saturated rings. The molecule has 40 heavy (non-hydrogen) atoms. The van der Waals surface area contributed by atoms with Crippen molar-refractivity contribution in [3.8, 4) is 0 Å². The second kappa shape index (κ2) is 83.4. The van der Waals surface area contributed by atoms with Crippen LogP contribution in [-0.2, 0) is 87.7 Å². The third-order valence-electron chi connectivity index (χ3n) is 2.57. The van der Waals surface area contributed by atoms with E-state index in [4.69, 9.17) is 56.0 Å². The van der Waals surface area contributed by atoms with Crippen LogP contribution in [0.1, 0.15) is 11.1 Å². The first-order valence-electron chi connectivity index (χ1n) is 8.26. The van der Waals surface area contributed by atoms with Gasteiger partial charge in [0.25, 0.3) is 0 Å². The van der Waals surface area contributed by atoms with Crippen molar-refractivity contribution in [1.82, 2.24) is 0 Å². The molecule has 0 aliphatic rings. The monoisotopic (exact) mass is 622 g/mol. The molecule has 0 aliphatic carbocycles. The molecule has 0 N–H and O–H groups in total. The summed E-state index contributed by atoms with van der Waals surface area (Å²) in [4.78, 5) is 0. The van der Waals surface area contributed by atoms with Gasteiger partial charge in [0.15, 0.2) is 0 Å². The number of benzene rings is 2. The van der Waals surface area contributed by atoms with Crippen LogP contribution >= 0.6 is 0 Å². The summed E-state index contributed by atoms with van der Waals surface area (Å²) in [6.07, 6.45) is 0. The standard InChI is InChI=1S/C16H14O2.10CO.2Cr/c1-3-7-15(8-4-1)13-17-11-12-18-14-16-9-5-2-6-10-16;10*1-2;;/h1-10H,11-12H2;;;;;;;;;;;;. The van der Waals surface area contributed by atoms with Crippen molar-refractivity contribution in [2.24, 2.45) is 0 Å². The second-order valence-electron chi connectivity index (χ2n) is 4.00. The maximum absolute atomic E-state index is 7.50. The van der Waals surface area contributed by atoms with E-state index in [9.17, 15) is 0 Å². The quantitative estimate of drug-likeness (QED) is 0.257. The molecule has 0 saturated heterocycles. The van der Waals surface area contributed by atoms with Gasteiger partial charge in [0, 0.05) is 0 Å². The number of rotatable bonds is 7. The Labute approximate surface area is 247 Å². The molecule has 0 aliphatic heterocycles. The van der Waals surface area contributed by atoms with Crippen LogP contribution in [0.2, 0.25) is 0 Å². The molecule has 0 amide bonds. The van der Waals surface area contributed by atoms with Gasteiger partial charge in [-0.15, -0.1) is 0 Å². The van der Waals surface area contributed by atoms with Gasteiger partial charge in [-0.1, -0.05) is 0 Å². The second-order valence-corrected chi connectivity index (χ2v) is 5.16. The Bertz CT molecular complexity index is 846. The van der Waals surface area contributed by atoms with E-state index in [2.05, 4.69) is 98.2 Å². The molecule has 0 radical (unpaired) electrons. The summed E-state index contributed by atoms with van der Waals surface area (Å²) < 4.78 is 87.8. The summed E-state index contributed by atoms with van der Waals surface area (Å²) in [6, 6.07) is 19.9. The zero-order chi connectivity index (χ0) is 34.2. The summed E-state index contributed by atoms with van der Waals surface area (Å²) in [5, 5.41) is 0. The van der Waals surface area contributed by atoms with Gasteiger partial charge in [0.05, 0.1) is 0 Å². The molecule has 0 bridgehead atoms. The summed E-state index contributed by atoms with van der Waals surface area (Å²) in [6.45, 7) is 46.0. The summed E-state index contributed by atoms with van der Waals surface area (Å²) >= 11 is 5.87. The third kappa shape index (κ3) is 51.2. The fourth-order valence-electron chi connectivity index (χ4n) is 1.58. The zero-order valence-electron chi connectivity index (χ0n) is 19.9. The van der Waals surface area contributed by atoms with Crippen molar-refractivity contribution in [2.75, 3.05) is 13.2 Å². The molecule has 2 rings (SSSR count). The van der Waals surface area contributed by atoms with Gasteiger partial charge in [-0.05, 0) is 0 Å². The molecule has 202 valence electrons. The predicted octanol–water partition coefficient (Wildman–Crippen LogP) is 2.09. The molecule has 0 unspecified atom stereocenters. The molecule has 0 atom stereocenters. The van der Waals surface area contributed by atoms with E-state index in [0.29, 0.717) is 13.2 Å². The molecule has 2 aromatic carbocycles. The van der Waals surface area contributed by atoms with E-state index in [1.807, 2.05) is 60.7 Å². The first kappa shape index (κ1) is 60.9. The Hall–Kier alpha value is -3.44. The van der Waals surface area contributed by atoms with E-state index in [-0.39, 0.29) is 0 Å². The Kier molecular flexibility index (Phi) is 127. The SMILES string of the molecule is [C-]#[O+].[C-]#[O+].[C-]#[O+].[C-]#[O+].[C-]#[O+].[C-]#[O+].[C-]#[O+].[C-]#[O+].[C-]#[O+].[C-]#[O+].[Cr]=[C](OCCO[C](=[Cr])c1ccccc1)c1ccccc1. The van der Waals surface area contributed by atoms with Crippen molar-refractivity contribution >= 4 is 9.13 Å². The van der Waals surface area contributed by atoms with Crippen molar-refractivity contribution in [3.05, 3.63) is 138 Å². The van der Waals surface area contributed by atoms with E-state index < -0.39 is 0 Å². The molecular formula is C26H14Cr2O12. The maximum atomic E-state index is 7.50. The van der Waals surface area contributed by atoms with Crippen LogP contribution in [0.15, 0.2) is 60.7 Å². The zero-order valence-corrected chi connectivity index (χ0v) is 22.5. The third-order valence-corrected chi connectivity index (χ3v) is 3.67. The predicted molar refractivity (Wildman–Crippen MR) is 112 cm³/mol. The van der Waals surface area contributed by atoms with Crippen LogP contribution in [0.25, 0.3) is 0 Å². The molecule has 14 heteroatoms. The molecular weight excluding hydrogens is 608 g/mol. The Morgan fingerprint density at radius 2 is 0.575 bits per heavy atom. The van der Waals surface area contributed by atoms with E-state index in [1.165, 1.54) is 0 Å². The minimum absolute atomic E-state index is 0.495. The topological polar surface area (TPSA) is 217 Å². The summed E-state index contributed by atoms with van der Waals surface area (Å²) in [5.74, 6) is 0. The van der Waals surface area contributed by atoms with Gasteiger partial charge in [-0.25, -0.2) is 0 Å². The fourth-order valence-corrected chi connectivity index (χ4v) is 2.27. The number of ether oxygens (including phenoxy) is 2. The van der Waals surface area contributed by atoms with Gasteiger partial charge in [-0.3, -0.25) is 0 Å². The van der Waals surface area contributed by atoms with Crippen LogP contribution in [-0.4, -0.2) is 22.3 Å². The van der Waals surface area contributed by atoms with Crippen LogP contribution in [0.5, 0.6) is 0 Å². The Balaban J connectivity index is -0.0000000582. The fraction of sp³-hybridized carbons (Fsp3) is 0.0769. The first-order valence-corrected chi connectivity index (χ1v) is 9.53. The van der Waals surface area contributed by atoms with Crippen molar-refractivity contribution in [1.29, 1.82) is 0 Å². The molecule has 0 saturated carbocycles. The van der Waals surface area contributed by atoms with E-state index in [1.54, 1.807) is 0 Å². The van der Waals surface area contributed by atoms with Crippen LogP contribution < -0.4 is 0 Å². The molecule has 0 heterocycles. The Morgan fingerprint density at radius 1 is 0.400 bits per heavy atom. The molecule has 0 aromatic heterocycles. The Morgan fingerprint density at radius 3 is 0.750 bits per heavy atom. The molecule has 0 spiro atoms. The van der Waals surface area contributed by atoms with E-state index >= 15 is 0 Å². The van der Waals surface area contributed by atoms with Crippen molar-refractivity contribution in [2.45, 2.75) is 0 Å². The van der Waals surface area contributed by atoms with Crippen LogP contribution in [0, 0.1) is 66.5 Å². The van der Waals surface area contributed by atoms with Crippen LogP contribution in [0.3, 0.4) is 0 Å². The first-order chi connectivity index (χ1) is 19.8. The van der Waals surface area contributed by atoms with Gasteiger partial charge >= 0.3 is 248 Å².